The summed E-state index contributed by atoms with van der Waals surface area (Å²) in [6.07, 6.45) is -5.03. The Bertz CT molecular complexity index is 378. The fourth-order valence-corrected chi connectivity index (χ4v) is 1.37. The first-order chi connectivity index (χ1) is 6.25. The molecule has 0 atom stereocenters. The third-order valence-electron chi connectivity index (χ3n) is 1.26. The molecule has 0 saturated carbocycles. The lowest BCUT2D eigenvalue weighted by atomic mass is 10.1. The van der Waals surface area contributed by atoms with Crippen molar-refractivity contribution < 1.29 is 15.9 Å². The van der Waals surface area contributed by atoms with Gasteiger partial charge in [-0.05, 0) is 34.5 Å². The van der Waals surface area contributed by atoms with Crippen molar-refractivity contribution in [2.45, 2.75) is 13.1 Å². The van der Waals surface area contributed by atoms with Crippen LogP contribution in [-0.4, -0.2) is 4.98 Å². The van der Waals surface area contributed by atoms with Crippen LogP contribution in [0.15, 0.2) is 16.8 Å². The zero-order valence-corrected chi connectivity index (χ0v) is 7.55. The van der Waals surface area contributed by atoms with E-state index in [0.717, 1.165) is 6.92 Å². The van der Waals surface area contributed by atoms with E-state index in [-0.39, 0.29) is 5.56 Å². The summed E-state index contributed by atoms with van der Waals surface area (Å²) in [7, 11) is 0. The minimum absolute atomic E-state index is 0.288. The molecule has 0 bridgehead atoms. The highest BCUT2D eigenvalue weighted by Gasteiger charge is 2.35. The Balaban J connectivity index is 3.53. The second-order valence-corrected chi connectivity index (χ2v) is 2.89. The van der Waals surface area contributed by atoms with Crippen molar-refractivity contribution in [3.8, 4) is 0 Å². The highest BCUT2D eigenvalue weighted by molar-refractivity contribution is 9.10. The smallest absolute Gasteiger partial charge is 0.249 e. The highest BCUT2D eigenvalue weighted by atomic mass is 79.9. The first kappa shape index (κ1) is 6.88. The van der Waals surface area contributed by atoms with Crippen LogP contribution in [0.4, 0.5) is 13.2 Å². The molecule has 0 radical (unpaired) electrons. The average Bonchev–Trinajstić information content (AvgIpc) is 1.97. The minimum atomic E-state index is -4.56. The molecule has 0 saturated heterocycles. The van der Waals surface area contributed by atoms with Crippen LogP contribution in [0.5, 0.6) is 0 Å². The van der Waals surface area contributed by atoms with Gasteiger partial charge < -0.3 is 0 Å². The van der Waals surface area contributed by atoms with E-state index in [0.29, 0.717) is 0 Å². The Hall–Kier alpha value is -0.580. The van der Waals surface area contributed by atoms with E-state index in [2.05, 4.69) is 20.9 Å². The molecule has 0 aliphatic carbocycles. The maximum Gasteiger partial charge on any atom is 0.419 e. The summed E-state index contributed by atoms with van der Waals surface area (Å²) in [6.45, 7) is 1.15. The maximum atomic E-state index is 12.4. The summed E-state index contributed by atoms with van der Waals surface area (Å²) < 4.78 is 51.1. The lowest BCUT2D eigenvalue weighted by Gasteiger charge is -2.10. The van der Waals surface area contributed by atoms with Crippen LogP contribution >= 0.6 is 15.9 Å². The van der Waals surface area contributed by atoms with E-state index in [4.69, 9.17) is 2.74 Å². The molecule has 12 heavy (non-hydrogen) atoms. The first-order valence-electron chi connectivity index (χ1n) is 3.95. The van der Waals surface area contributed by atoms with Gasteiger partial charge in [-0.3, -0.25) is 0 Å². The number of nitrogens with zero attached hydrogens (tertiary/aromatic N) is 1. The van der Waals surface area contributed by atoms with Crippen LogP contribution in [0, 0.1) is 6.92 Å². The Kier molecular flexibility index (Phi) is 1.75. The number of rotatable bonds is 0. The van der Waals surface area contributed by atoms with Crippen LogP contribution in [0.1, 0.15) is 13.9 Å². The van der Waals surface area contributed by atoms with Crippen LogP contribution < -0.4 is 0 Å². The van der Waals surface area contributed by atoms with E-state index in [1.807, 2.05) is 0 Å². The molecule has 0 N–H and O–H groups in total. The number of halogens is 4. The lowest BCUT2D eigenvalue weighted by molar-refractivity contribution is -0.138. The molecule has 1 aromatic heterocycles. The summed E-state index contributed by atoms with van der Waals surface area (Å²) >= 11 is 2.63. The molecule has 0 spiro atoms. The molecule has 0 fully saturated rings. The molecule has 0 amide bonds. The van der Waals surface area contributed by atoms with Gasteiger partial charge in [0.25, 0.3) is 0 Å². The highest BCUT2D eigenvalue weighted by Crippen LogP contribution is 2.35. The SMILES string of the molecule is [2H]c1nc(Br)c(C(F)(F)F)c(C)c1[2H]. The quantitative estimate of drug-likeness (QED) is 0.636. The Morgan fingerprint density at radius 1 is 1.58 bits per heavy atom. The summed E-state index contributed by atoms with van der Waals surface area (Å²) in [5.41, 5.74) is -1.28. The maximum absolute atomic E-state index is 12.4. The van der Waals surface area contributed by atoms with E-state index in [1.165, 1.54) is 0 Å². The fourth-order valence-electron chi connectivity index (χ4n) is 0.764. The van der Waals surface area contributed by atoms with Gasteiger partial charge in [0.2, 0.25) is 0 Å². The number of alkyl halides is 3. The van der Waals surface area contributed by atoms with Crippen molar-refractivity contribution in [2.75, 3.05) is 0 Å². The van der Waals surface area contributed by atoms with E-state index >= 15 is 0 Å². The molecule has 5 heteroatoms. The van der Waals surface area contributed by atoms with Crippen molar-refractivity contribution in [1.82, 2.24) is 4.98 Å². The monoisotopic (exact) mass is 241 g/mol. The topological polar surface area (TPSA) is 12.9 Å². The molecule has 66 valence electrons. The summed E-state index contributed by atoms with van der Waals surface area (Å²) in [5.74, 6) is 0. The largest absolute Gasteiger partial charge is 0.419 e. The molecular weight excluding hydrogens is 235 g/mol. The predicted molar refractivity (Wildman–Crippen MR) is 41.7 cm³/mol. The van der Waals surface area contributed by atoms with Crippen molar-refractivity contribution in [1.29, 1.82) is 0 Å². The molecule has 1 heterocycles. The number of hydrogen-bond donors (Lipinski definition) is 0. The number of pyridine rings is 1. The molecule has 0 aromatic carbocycles. The third kappa shape index (κ3) is 1.77. The molecule has 1 aromatic rings. The standard InChI is InChI=1S/C7H5BrF3N/c1-4-2-3-12-6(8)5(4)7(9,10)11/h2-3H,1H3/i2D,3D. The molecule has 0 aliphatic heterocycles. The van der Waals surface area contributed by atoms with Gasteiger partial charge in [-0.15, -0.1) is 0 Å². The molecule has 1 rings (SSSR count). The van der Waals surface area contributed by atoms with Crippen LogP contribution in [-0.2, 0) is 6.18 Å². The van der Waals surface area contributed by atoms with Gasteiger partial charge in [0, 0.05) is 6.17 Å². The predicted octanol–water partition coefficient (Wildman–Crippen LogP) is 3.17. The molecular formula is C7H5BrF3N. The van der Waals surface area contributed by atoms with Gasteiger partial charge >= 0.3 is 6.18 Å². The minimum Gasteiger partial charge on any atom is -0.249 e. The van der Waals surface area contributed by atoms with Crippen molar-refractivity contribution in [3.05, 3.63) is 27.9 Å². The fraction of sp³-hybridized carbons (Fsp3) is 0.286. The zero-order chi connectivity index (χ0) is 11.1. The lowest BCUT2D eigenvalue weighted by Crippen LogP contribution is -2.09. The van der Waals surface area contributed by atoms with Crippen molar-refractivity contribution >= 4 is 15.9 Å². The van der Waals surface area contributed by atoms with Gasteiger partial charge in [-0.2, -0.15) is 13.2 Å². The van der Waals surface area contributed by atoms with Crippen LogP contribution in [0.3, 0.4) is 0 Å². The molecule has 0 unspecified atom stereocenters. The van der Waals surface area contributed by atoms with Crippen LogP contribution in [0.25, 0.3) is 0 Å². The number of aromatic nitrogens is 1. The summed E-state index contributed by atoms with van der Waals surface area (Å²) in [5, 5.41) is 0. The van der Waals surface area contributed by atoms with Crippen molar-refractivity contribution in [2.24, 2.45) is 0 Å². The average molecular weight is 242 g/mol. The van der Waals surface area contributed by atoms with Gasteiger partial charge in [0.05, 0.1) is 8.30 Å². The summed E-state index contributed by atoms with van der Waals surface area (Å²) in [4.78, 5) is 3.28. The third-order valence-corrected chi connectivity index (χ3v) is 1.84. The Labute approximate surface area is 78.6 Å². The molecule has 0 aliphatic rings. The van der Waals surface area contributed by atoms with Gasteiger partial charge in [-0.25, -0.2) is 4.98 Å². The van der Waals surface area contributed by atoms with E-state index < -0.39 is 28.6 Å². The second-order valence-electron chi connectivity index (χ2n) is 2.14. The van der Waals surface area contributed by atoms with Gasteiger partial charge in [0.1, 0.15) is 4.60 Å². The molecule has 1 nitrogen and oxygen atoms in total. The summed E-state index contributed by atoms with van der Waals surface area (Å²) in [6, 6.07) is -0.500. The first-order valence-corrected chi connectivity index (χ1v) is 3.75. The van der Waals surface area contributed by atoms with Gasteiger partial charge in [0.15, 0.2) is 0 Å². The normalized spacial score (nSPS) is 14.1. The zero-order valence-electron chi connectivity index (χ0n) is 7.96. The van der Waals surface area contributed by atoms with Crippen molar-refractivity contribution in [3.63, 3.8) is 0 Å². The van der Waals surface area contributed by atoms with E-state index in [1.54, 1.807) is 0 Å². The van der Waals surface area contributed by atoms with Gasteiger partial charge in [-0.1, -0.05) is 0 Å². The second kappa shape index (κ2) is 3.05. The number of hydrogen-bond acceptors (Lipinski definition) is 1. The van der Waals surface area contributed by atoms with E-state index in [9.17, 15) is 13.2 Å². The Morgan fingerprint density at radius 2 is 2.17 bits per heavy atom. The van der Waals surface area contributed by atoms with Crippen LogP contribution in [0.2, 0.25) is 0 Å². The Morgan fingerprint density at radius 3 is 2.67 bits per heavy atom.